The van der Waals surface area contributed by atoms with E-state index in [0.717, 1.165) is 22.6 Å². The third-order valence-corrected chi connectivity index (χ3v) is 15.6. The monoisotopic (exact) mass is 901 g/mol. The molecule has 0 N–H and O–H groups in total. The predicted octanol–water partition coefficient (Wildman–Crippen LogP) is 17.9. The number of rotatable bonds is 8. The van der Waals surface area contributed by atoms with Crippen LogP contribution in [0.2, 0.25) is 0 Å². The van der Waals surface area contributed by atoms with Crippen molar-refractivity contribution in [2.75, 3.05) is 4.90 Å². The van der Waals surface area contributed by atoms with E-state index in [-0.39, 0.29) is 0 Å². The molecule has 0 unspecified atom stereocenters. The highest BCUT2D eigenvalue weighted by Gasteiger charge is 2.48. The standard InChI is InChI=1S/C70H47N/c1-5-22-51(23-6-1)69(52-24-7-2-8-25-52)64-34-18-15-32-60(64)62-43-40-55(46-66(62)69)71(68-36-20-17-31-59(68)50-39-42-58-49(45-50)38-37-48-21-13-14-30-57(48)58)56-41-44-63-61-33-16-19-35-65(61)70(67(63)47-56,53-26-9-3-10-27-53)54-28-11-4-12-29-54/h1-47H. The molecule has 0 aromatic heterocycles. The molecular formula is C70H47N. The fraction of sp³-hybridized carbons (Fsp3) is 0.0286. The van der Waals surface area contributed by atoms with Crippen LogP contribution in [0, 0.1) is 0 Å². The molecule has 2 aliphatic rings. The van der Waals surface area contributed by atoms with Crippen molar-refractivity contribution in [1.82, 2.24) is 0 Å². The molecule has 0 heterocycles. The zero-order valence-electron chi connectivity index (χ0n) is 39.1. The third kappa shape index (κ3) is 6.06. The Balaban J connectivity index is 1.06. The van der Waals surface area contributed by atoms with Gasteiger partial charge in [0.2, 0.25) is 0 Å². The topological polar surface area (TPSA) is 3.24 Å². The molecule has 0 aliphatic heterocycles. The van der Waals surface area contributed by atoms with Crippen molar-refractivity contribution in [3.05, 3.63) is 330 Å². The van der Waals surface area contributed by atoms with Crippen molar-refractivity contribution < 1.29 is 0 Å². The lowest BCUT2D eigenvalue weighted by Gasteiger charge is -2.36. The second-order valence-electron chi connectivity index (χ2n) is 19.1. The van der Waals surface area contributed by atoms with Gasteiger partial charge in [0.1, 0.15) is 0 Å². The molecule has 0 radical (unpaired) electrons. The van der Waals surface area contributed by atoms with E-state index < -0.39 is 10.8 Å². The van der Waals surface area contributed by atoms with Crippen molar-refractivity contribution in [3.8, 4) is 33.4 Å². The van der Waals surface area contributed by atoms with E-state index in [1.54, 1.807) is 0 Å². The highest BCUT2D eigenvalue weighted by atomic mass is 15.1. The van der Waals surface area contributed by atoms with Crippen molar-refractivity contribution >= 4 is 38.6 Å². The van der Waals surface area contributed by atoms with Gasteiger partial charge in [-0.1, -0.05) is 249 Å². The number of nitrogens with zero attached hydrogens (tertiary/aromatic N) is 1. The van der Waals surface area contributed by atoms with Gasteiger partial charge in [-0.2, -0.15) is 0 Å². The number of hydrogen-bond acceptors (Lipinski definition) is 1. The summed E-state index contributed by atoms with van der Waals surface area (Å²) >= 11 is 0. The Morgan fingerprint density at radius 1 is 0.239 bits per heavy atom. The Morgan fingerprint density at radius 3 is 1.15 bits per heavy atom. The van der Waals surface area contributed by atoms with E-state index in [2.05, 4.69) is 290 Å². The Bertz CT molecular complexity index is 3730. The molecule has 1 nitrogen and oxygen atoms in total. The van der Waals surface area contributed by atoms with Crippen LogP contribution in [0.25, 0.3) is 54.9 Å². The maximum atomic E-state index is 2.54. The SMILES string of the molecule is c1ccc(C2(c3ccccc3)c3ccccc3-c3ccc(N(c4ccc5c(c4)C(c4ccccc4)(c4ccccc4)c4ccccc4-5)c4ccccc4-c4ccc5c(ccc6ccccc65)c4)cc32)cc1. The summed E-state index contributed by atoms with van der Waals surface area (Å²) in [6.07, 6.45) is 0. The van der Waals surface area contributed by atoms with Gasteiger partial charge in [-0.15, -0.1) is 0 Å². The third-order valence-electron chi connectivity index (χ3n) is 15.6. The first-order valence-electron chi connectivity index (χ1n) is 24.7. The number of hydrogen-bond donors (Lipinski definition) is 0. The maximum absolute atomic E-state index is 2.54. The normalized spacial score (nSPS) is 13.6. The van der Waals surface area contributed by atoms with Gasteiger partial charge in [0.25, 0.3) is 0 Å². The van der Waals surface area contributed by atoms with Crippen LogP contribution in [0.1, 0.15) is 44.5 Å². The van der Waals surface area contributed by atoms with Crippen LogP contribution in [0.15, 0.2) is 285 Å². The molecule has 12 aromatic carbocycles. The summed E-state index contributed by atoms with van der Waals surface area (Å²) in [5.74, 6) is 0. The summed E-state index contributed by atoms with van der Waals surface area (Å²) in [6, 6.07) is 106. The second-order valence-corrected chi connectivity index (χ2v) is 19.1. The van der Waals surface area contributed by atoms with Gasteiger partial charge < -0.3 is 4.90 Å². The molecule has 2 aliphatic carbocycles. The van der Waals surface area contributed by atoms with Crippen LogP contribution in [-0.2, 0) is 10.8 Å². The minimum Gasteiger partial charge on any atom is -0.310 e. The first kappa shape index (κ1) is 41.0. The molecular weight excluding hydrogens is 855 g/mol. The van der Waals surface area contributed by atoms with Crippen molar-refractivity contribution in [2.45, 2.75) is 10.8 Å². The van der Waals surface area contributed by atoms with Crippen LogP contribution in [0.3, 0.4) is 0 Å². The molecule has 71 heavy (non-hydrogen) atoms. The van der Waals surface area contributed by atoms with E-state index in [1.807, 2.05) is 0 Å². The van der Waals surface area contributed by atoms with Crippen molar-refractivity contribution in [3.63, 3.8) is 0 Å². The van der Waals surface area contributed by atoms with Crippen LogP contribution in [-0.4, -0.2) is 0 Å². The van der Waals surface area contributed by atoms with Gasteiger partial charge in [-0.25, -0.2) is 0 Å². The van der Waals surface area contributed by atoms with Crippen LogP contribution in [0.5, 0.6) is 0 Å². The molecule has 0 amide bonds. The van der Waals surface area contributed by atoms with E-state index in [1.165, 1.54) is 93.9 Å². The van der Waals surface area contributed by atoms with E-state index >= 15 is 0 Å². The minimum atomic E-state index is -0.563. The van der Waals surface area contributed by atoms with Gasteiger partial charge >= 0.3 is 0 Å². The Labute approximate surface area is 415 Å². The first-order chi connectivity index (χ1) is 35.2. The van der Waals surface area contributed by atoms with Gasteiger partial charge in [0.05, 0.1) is 16.5 Å². The smallest absolute Gasteiger partial charge is 0.0714 e. The molecule has 14 rings (SSSR count). The van der Waals surface area contributed by atoms with Crippen LogP contribution < -0.4 is 4.90 Å². The average molecular weight is 902 g/mol. The molecule has 0 bridgehead atoms. The Kier molecular flexibility index (Phi) is 9.41. The highest BCUT2D eigenvalue weighted by Crippen LogP contribution is 2.60. The number of para-hydroxylation sites is 1. The zero-order chi connectivity index (χ0) is 46.9. The number of anilines is 3. The molecule has 0 saturated heterocycles. The lowest BCUT2D eigenvalue weighted by molar-refractivity contribution is 0.767. The first-order valence-corrected chi connectivity index (χ1v) is 24.7. The fourth-order valence-electron chi connectivity index (χ4n) is 12.7. The largest absolute Gasteiger partial charge is 0.310 e. The van der Waals surface area contributed by atoms with Gasteiger partial charge in [-0.3, -0.25) is 0 Å². The average Bonchev–Trinajstić information content (AvgIpc) is 3.92. The second kappa shape index (κ2) is 16.3. The summed E-state index contributed by atoms with van der Waals surface area (Å²) in [4.78, 5) is 2.54. The number of fused-ring (bicyclic) bond motifs is 9. The summed E-state index contributed by atoms with van der Waals surface area (Å²) in [5, 5.41) is 5.00. The predicted molar refractivity (Wildman–Crippen MR) is 296 cm³/mol. The molecule has 0 fully saturated rings. The molecule has 12 aromatic rings. The Morgan fingerprint density at radius 2 is 0.634 bits per heavy atom. The molecule has 0 saturated carbocycles. The Hall–Kier alpha value is -9.04. The molecule has 332 valence electrons. The van der Waals surface area contributed by atoms with E-state index in [0.29, 0.717) is 0 Å². The van der Waals surface area contributed by atoms with Crippen LogP contribution in [0.4, 0.5) is 17.1 Å². The van der Waals surface area contributed by atoms with E-state index in [4.69, 9.17) is 0 Å². The quantitative estimate of drug-likeness (QED) is 0.137. The molecule has 1 heteroatoms. The summed E-state index contributed by atoms with van der Waals surface area (Å²) in [6.45, 7) is 0. The summed E-state index contributed by atoms with van der Waals surface area (Å²) < 4.78 is 0. The fourth-order valence-corrected chi connectivity index (χ4v) is 12.7. The summed E-state index contributed by atoms with van der Waals surface area (Å²) in [5.41, 5.74) is 19.6. The van der Waals surface area contributed by atoms with Crippen LogP contribution >= 0.6 is 0 Å². The maximum Gasteiger partial charge on any atom is 0.0714 e. The van der Waals surface area contributed by atoms with Crippen molar-refractivity contribution in [2.24, 2.45) is 0 Å². The zero-order valence-corrected chi connectivity index (χ0v) is 39.1. The lowest BCUT2D eigenvalue weighted by Crippen LogP contribution is -2.29. The minimum absolute atomic E-state index is 0.563. The van der Waals surface area contributed by atoms with Gasteiger partial charge in [-0.05, 0) is 130 Å². The van der Waals surface area contributed by atoms with Gasteiger partial charge in [0.15, 0.2) is 0 Å². The highest BCUT2D eigenvalue weighted by molar-refractivity contribution is 6.09. The number of benzene rings is 12. The lowest BCUT2D eigenvalue weighted by atomic mass is 9.67. The molecule has 0 atom stereocenters. The van der Waals surface area contributed by atoms with Crippen molar-refractivity contribution in [1.29, 1.82) is 0 Å². The van der Waals surface area contributed by atoms with Gasteiger partial charge in [0, 0.05) is 16.9 Å². The summed E-state index contributed by atoms with van der Waals surface area (Å²) in [7, 11) is 0. The molecule has 0 spiro atoms. The van der Waals surface area contributed by atoms with E-state index in [9.17, 15) is 0 Å².